The number of rotatable bonds is 3. The van der Waals surface area contributed by atoms with Gasteiger partial charge < -0.3 is 9.64 Å². The fourth-order valence-electron chi connectivity index (χ4n) is 5.28. The number of fused-ring (bicyclic) bond motifs is 2. The Morgan fingerprint density at radius 3 is 2.55 bits per heavy atom. The number of aromatic nitrogens is 5. The van der Waals surface area contributed by atoms with Crippen molar-refractivity contribution in [1.29, 1.82) is 0 Å². The SMILES string of the molecule is Cc1cccc2c(-c3cccc4nn(C)cc34)nn(-c3ccc(N4CC5(COC5)C4)nc3)c12. The molecule has 5 heterocycles. The van der Waals surface area contributed by atoms with Crippen molar-refractivity contribution in [3.8, 4) is 16.9 Å². The number of nitrogens with zero attached hydrogens (tertiary/aromatic N) is 6. The highest BCUT2D eigenvalue weighted by Crippen LogP contribution is 2.40. The summed E-state index contributed by atoms with van der Waals surface area (Å²) in [6, 6.07) is 16.8. The van der Waals surface area contributed by atoms with E-state index in [-0.39, 0.29) is 0 Å². The highest BCUT2D eigenvalue weighted by atomic mass is 16.5. The first-order chi connectivity index (χ1) is 16.1. The van der Waals surface area contributed by atoms with Crippen LogP contribution in [0.1, 0.15) is 5.56 Å². The van der Waals surface area contributed by atoms with E-state index in [1.807, 2.05) is 28.7 Å². The normalized spacial score (nSPS) is 17.0. The molecule has 2 saturated heterocycles. The van der Waals surface area contributed by atoms with Crippen molar-refractivity contribution in [3.63, 3.8) is 0 Å². The molecule has 33 heavy (non-hydrogen) atoms. The van der Waals surface area contributed by atoms with Gasteiger partial charge in [-0.2, -0.15) is 10.2 Å². The molecule has 0 amide bonds. The molecule has 0 unspecified atom stereocenters. The van der Waals surface area contributed by atoms with Gasteiger partial charge in [0, 0.05) is 42.7 Å². The second-order valence-corrected chi connectivity index (χ2v) is 9.50. The van der Waals surface area contributed by atoms with E-state index in [4.69, 9.17) is 14.8 Å². The van der Waals surface area contributed by atoms with Crippen LogP contribution in [0.2, 0.25) is 0 Å². The lowest BCUT2D eigenvalue weighted by atomic mass is 9.78. The number of hydrogen-bond acceptors (Lipinski definition) is 5. The van der Waals surface area contributed by atoms with Gasteiger partial charge in [0.15, 0.2) is 0 Å². The van der Waals surface area contributed by atoms with Crippen molar-refractivity contribution in [3.05, 3.63) is 66.5 Å². The summed E-state index contributed by atoms with van der Waals surface area (Å²) >= 11 is 0. The third kappa shape index (κ3) is 2.75. The third-order valence-electron chi connectivity index (χ3n) is 6.99. The summed E-state index contributed by atoms with van der Waals surface area (Å²) in [7, 11) is 1.95. The van der Waals surface area contributed by atoms with Crippen molar-refractivity contribution in [1.82, 2.24) is 24.5 Å². The molecule has 7 nitrogen and oxygen atoms in total. The molecule has 3 aromatic heterocycles. The number of hydrogen-bond donors (Lipinski definition) is 0. The Morgan fingerprint density at radius 2 is 1.79 bits per heavy atom. The summed E-state index contributed by atoms with van der Waals surface area (Å²) in [6.45, 7) is 5.96. The summed E-state index contributed by atoms with van der Waals surface area (Å²) in [5.41, 5.74) is 6.66. The molecular formula is C26H24N6O. The number of ether oxygens (including phenoxy) is 1. The van der Waals surface area contributed by atoms with E-state index in [9.17, 15) is 0 Å². The molecule has 1 spiro atoms. The number of pyridine rings is 1. The van der Waals surface area contributed by atoms with Crippen LogP contribution in [-0.4, -0.2) is 50.8 Å². The summed E-state index contributed by atoms with van der Waals surface area (Å²) in [4.78, 5) is 7.11. The molecular weight excluding hydrogens is 412 g/mol. The van der Waals surface area contributed by atoms with E-state index >= 15 is 0 Å². The van der Waals surface area contributed by atoms with Gasteiger partial charge in [-0.3, -0.25) is 4.68 Å². The van der Waals surface area contributed by atoms with E-state index in [0.29, 0.717) is 5.41 Å². The maximum atomic E-state index is 5.40. The highest BCUT2D eigenvalue weighted by molar-refractivity contribution is 6.03. The first-order valence-electron chi connectivity index (χ1n) is 11.3. The minimum Gasteiger partial charge on any atom is -0.380 e. The summed E-state index contributed by atoms with van der Waals surface area (Å²) in [6.07, 6.45) is 4.00. The summed E-state index contributed by atoms with van der Waals surface area (Å²) in [5.74, 6) is 1.02. The molecule has 2 aliphatic heterocycles. The minimum atomic E-state index is 0.373. The van der Waals surface area contributed by atoms with Gasteiger partial charge in [0.25, 0.3) is 0 Å². The van der Waals surface area contributed by atoms with E-state index in [2.05, 4.69) is 65.6 Å². The Hall–Kier alpha value is -3.71. The first kappa shape index (κ1) is 18.8. The topological polar surface area (TPSA) is 61.0 Å². The van der Waals surface area contributed by atoms with E-state index < -0.39 is 0 Å². The van der Waals surface area contributed by atoms with Gasteiger partial charge in [-0.25, -0.2) is 9.67 Å². The lowest BCUT2D eigenvalue weighted by Gasteiger charge is -2.55. The molecule has 0 saturated carbocycles. The number of para-hydroxylation sites is 1. The monoisotopic (exact) mass is 436 g/mol. The second kappa shape index (κ2) is 6.65. The van der Waals surface area contributed by atoms with Gasteiger partial charge in [0.05, 0.1) is 41.5 Å². The lowest BCUT2D eigenvalue weighted by Crippen LogP contribution is -2.66. The maximum Gasteiger partial charge on any atom is 0.128 e. The van der Waals surface area contributed by atoms with Gasteiger partial charge in [-0.15, -0.1) is 0 Å². The average Bonchev–Trinajstić information content (AvgIpc) is 3.33. The largest absolute Gasteiger partial charge is 0.380 e. The van der Waals surface area contributed by atoms with Crippen LogP contribution >= 0.6 is 0 Å². The van der Waals surface area contributed by atoms with Crippen molar-refractivity contribution in [2.75, 3.05) is 31.2 Å². The molecule has 164 valence electrons. The Bertz CT molecular complexity index is 1520. The molecule has 0 bridgehead atoms. The van der Waals surface area contributed by atoms with Gasteiger partial charge >= 0.3 is 0 Å². The molecule has 0 N–H and O–H groups in total. The molecule has 0 radical (unpaired) electrons. The molecule has 2 fully saturated rings. The zero-order valence-corrected chi connectivity index (χ0v) is 18.7. The fourth-order valence-corrected chi connectivity index (χ4v) is 5.28. The van der Waals surface area contributed by atoms with E-state index in [1.165, 1.54) is 5.56 Å². The quantitative estimate of drug-likeness (QED) is 0.426. The molecule has 2 aromatic carbocycles. The number of benzene rings is 2. The van der Waals surface area contributed by atoms with Crippen LogP contribution in [0.3, 0.4) is 0 Å². The van der Waals surface area contributed by atoms with Crippen molar-refractivity contribution >= 4 is 27.6 Å². The van der Waals surface area contributed by atoms with Crippen LogP contribution < -0.4 is 4.90 Å². The van der Waals surface area contributed by atoms with Crippen molar-refractivity contribution < 1.29 is 4.74 Å². The third-order valence-corrected chi connectivity index (χ3v) is 6.99. The van der Waals surface area contributed by atoms with Gasteiger partial charge in [-0.1, -0.05) is 30.3 Å². The molecule has 5 aromatic rings. The van der Waals surface area contributed by atoms with Crippen LogP contribution in [0.5, 0.6) is 0 Å². The standard InChI is InChI=1S/C26H24N6O/c1-17-5-3-7-20-24(19-6-4-8-22-21(19)12-30(2)28-22)29-32(25(17)20)18-9-10-23(27-11-18)31-13-26(14-31)15-33-16-26/h3-12H,13-16H2,1-2H3. The van der Waals surface area contributed by atoms with Crippen LogP contribution in [0.15, 0.2) is 60.9 Å². The van der Waals surface area contributed by atoms with Gasteiger partial charge in [-0.05, 0) is 30.7 Å². The fraction of sp³-hybridized carbons (Fsp3) is 0.269. The van der Waals surface area contributed by atoms with Gasteiger partial charge in [0.2, 0.25) is 0 Å². The molecule has 0 aliphatic carbocycles. The van der Waals surface area contributed by atoms with Crippen molar-refractivity contribution in [2.24, 2.45) is 12.5 Å². The molecule has 0 atom stereocenters. The predicted octanol–water partition coefficient (Wildman–Crippen LogP) is 4.12. The Morgan fingerprint density at radius 1 is 0.939 bits per heavy atom. The molecule has 2 aliphatic rings. The highest BCUT2D eigenvalue weighted by Gasteiger charge is 2.49. The second-order valence-electron chi connectivity index (χ2n) is 9.50. The zero-order chi connectivity index (χ0) is 22.2. The van der Waals surface area contributed by atoms with Crippen LogP contribution in [0.25, 0.3) is 38.8 Å². The molecule has 7 heteroatoms. The predicted molar refractivity (Wildman–Crippen MR) is 129 cm³/mol. The maximum absolute atomic E-state index is 5.40. The summed E-state index contributed by atoms with van der Waals surface area (Å²) < 4.78 is 9.29. The van der Waals surface area contributed by atoms with Crippen LogP contribution in [0.4, 0.5) is 5.82 Å². The Kier molecular flexibility index (Phi) is 3.79. The van der Waals surface area contributed by atoms with Crippen LogP contribution in [-0.2, 0) is 11.8 Å². The minimum absolute atomic E-state index is 0.373. The lowest BCUT2D eigenvalue weighted by molar-refractivity contribution is -0.127. The van der Waals surface area contributed by atoms with Crippen LogP contribution in [0, 0.1) is 12.3 Å². The number of anilines is 1. The Balaban J connectivity index is 1.33. The average molecular weight is 437 g/mol. The smallest absolute Gasteiger partial charge is 0.128 e. The van der Waals surface area contributed by atoms with Gasteiger partial charge in [0.1, 0.15) is 11.5 Å². The van der Waals surface area contributed by atoms with E-state index in [1.54, 1.807) is 0 Å². The summed E-state index contributed by atoms with van der Waals surface area (Å²) in [5, 5.41) is 11.9. The Labute approximate surface area is 191 Å². The number of aryl methyl sites for hydroxylation is 2. The van der Waals surface area contributed by atoms with Crippen molar-refractivity contribution in [2.45, 2.75) is 6.92 Å². The molecule has 7 rings (SSSR count). The first-order valence-corrected chi connectivity index (χ1v) is 11.3. The zero-order valence-electron chi connectivity index (χ0n) is 18.7. The van der Waals surface area contributed by atoms with E-state index in [0.717, 1.165) is 70.9 Å².